The molecule has 0 saturated heterocycles. The Kier molecular flexibility index (Phi) is 6.67. The number of nitrogens with one attached hydrogen (secondary N) is 2. The highest BCUT2D eigenvalue weighted by Gasteiger charge is 2.19. The average molecular weight is 475 g/mol. The predicted molar refractivity (Wildman–Crippen MR) is 119 cm³/mol. The number of nitrogens with zero attached hydrogens (tertiary/aromatic N) is 2. The van der Waals surface area contributed by atoms with E-state index in [-0.39, 0.29) is 43.9 Å². The third-order valence-corrected chi connectivity index (χ3v) is 4.87. The average Bonchev–Trinajstić information content (AvgIpc) is 2.74. The Morgan fingerprint density at radius 2 is 1.06 bits per heavy atom. The van der Waals surface area contributed by atoms with Crippen molar-refractivity contribution in [2.45, 2.75) is 0 Å². The summed E-state index contributed by atoms with van der Waals surface area (Å²) in [6.07, 6.45) is 0. The molecule has 3 aromatic rings. The van der Waals surface area contributed by atoms with Crippen molar-refractivity contribution in [3.8, 4) is 0 Å². The Morgan fingerprint density at radius 1 is 0.688 bits per heavy atom. The number of amides is 2. The first-order valence-corrected chi connectivity index (χ1v) is 9.52. The molecule has 10 nitrogen and oxygen atoms in total. The summed E-state index contributed by atoms with van der Waals surface area (Å²) in [6.45, 7) is 0. The van der Waals surface area contributed by atoms with Crippen LogP contribution in [0.5, 0.6) is 0 Å². The number of hydrogen-bond acceptors (Lipinski definition) is 6. The monoisotopic (exact) mass is 474 g/mol. The van der Waals surface area contributed by atoms with Crippen molar-refractivity contribution in [2.75, 3.05) is 10.6 Å². The molecule has 0 spiro atoms. The summed E-state index contributed by atoms with van der Waals surface area (Å²) in [4.78, 5) is 45.6. The van der Waals surface area contributed by atoms with Gasteiger partial charge in [-0.25, -0.2) is 0 Å². The van der Waals surface area contributed by atoms with E-state index >= 15 is 0 Å². The van der Waals surface area contributed by atoms with Crippen molar-refractivity contribution in [2.24, 2.45) is 0 Å². The lowest BCUT2D eigenvalue weighted by atomic mass is 10.1. The first-order valence-electron chi connectivity index (χ1n) is 8.77. The number of hydrogen-bond donors (Lipinski definition) is 2. The number of carbonyl (C=O) groups is 2. The zero-order valence-corrected chi connectivity index (χ0v) is 17.4. The topological polar surface area (TPSA) is 144 Å². The van der Waals surface area contributed by atoms with Gasteiger partial charge in [0.05, 0.1) is 42.4 Å². The number of non-ortho nitro benzene ring substituents is 2. The smallest absolute Gasteiger partial charge is 0.270 e. The highest BCUT2D eigenvalue weighted by Crippen LogP contribution is 2.28. The molecule has 0 unspecified atom stereocenters. The Hall–Kier alpha value is -4.02. The van der Waals surface area contributed by atoms with Crippen LogP contribution in [0.4, 0.5) is 22.7 Å². The van der Waals surface area contributed by atoms with E-state index in [0.29, 0.717) is 0 Å². The lowest BCUT2D eigenvalue weighted by Gasteiger charge is -2.13. The second kappa shape index (κ2) is 9.41. The molecule has 12 heteroatoms. The zero-order chi connectivity index (χ0) is 23.4. The second-order valence-corrected chi connectivity index (χ2v) is 7.11. The minimum absolute atomic E-state index is 0.00295. The fraction of sp³-hybridized carbons (Fsp3) is 0. The van der Waals surface area contributed by atoms with Gasteiger partial charge < -0.3 is 10.6 Å². The van der Waals surface area contributed by atoms with Gasteiger partial charge in [0.2, 0.25) is 0 Å². The van der Waals surface area contributed by atoms with E-state index in [1.165, 1.54) is 24.3 Å². The van der Waals surface area contributed by atoms with E-state index < -0.39 is 21.7 Å². The maximum atomic E-state index is 12.6. The minimum Gasteiger partial charge on any atom is -0.320 e. The summed E-state index contributed by atoms with van der Waals surface area (Å²) >= 11 is 12.0. The van der Waals surface area contributed by atoms with Crippen LogP contribution in [0.15, 0.2) is 60.7 Å². The molecule has 0 heterocycles. The summed E-state index contributed by atoms with van der Waals surface area (Å²) in [6, 6.07) is 13.1. The quantitative estimate of drug-likeness (QED) is 0.365. The molecule has 2 N–H and O–H groups in total. The lowest BCUT2D eigenvalue weighted by Crippen LogP contribution is -2.17. The van der Waals surface area contributed by atoms with Crippen LogP contribution < -0.4 is 10.6 Å². The fourth-order valence-corrected chi connectivity index (χ4v) is 3.21. The van der Waals surface area contributed by atoms with Gasteiger partial charge in [-0.05, 0) is 24.3 Å². The molecule has 0 atom stereocenters. The highest BCUT2D eigenvalue weighted by molar-refractivity contribution is 6.35. The van der Waals surface area contributed by atoms with E-state index in [2.05, 4.69) is 10.6 Å². The summed E-state index contributed by atoms with van der Waals surface area (Å²) in [5.74, 6) is -1.31. The summed E-state index contributed by atoms with van der Waals surface area (Å²) < 4.78 is 0. The first kappa shape index (κ1) is 22.7. The molecule has 0 aromatic heterocycles. The maximum Gasteiger partial charge on any atom is 0.270 e. The lowest BCUT2D eigenvalue weighted by molar-refractivity contribution is -0.385. The van der Waals surface area contributed by atoms with Crippen LogP contribution in [0.3, 0.4) is 0 Å². The minimum atomic E-state index is -0.653. The van der Waals surface area contributed by atoms with Crippen LogP contribution >= 0.6 is 23.2 Å². The summed E-state index contributed by atoms with van der Waals surface area (Å²) in [5.41, 5.74) is -0.0939. The summed E-state index contributed by atoms with van der Waals surface area (Å²) in [5, 5.41) is 26.6. The molecule has 0 aliphatic rings. The standard InChI is InChI=1S/C20H12Cl2N4O6/c21-15-9-11(25(29)30)5-7-13(15)19(27)23-17-3-1-2-4-18(17)24-20(28)14-8-6-12(26(31)32)10-16(14)22/h1-10H,(H,23,27)(H,24,28). The van der Waals surface area contributed by atoms with Gasteiger partial charge in [0, 0.05) is 24.3 Å². The number of carbonyl (C=O) groups excluding carboxylic acids is 2. The second-order valence-electron chi connectivity index (χ2n) is 6.30. The Labute approximate surface area is 190 Å². The van der Waals surface area contributed by atoms with Crippen molar-refractivity contribution in [1.82, 2.24) is 0 Å². The van der Waals surface area contributed by atoms with Crippen LogP contribution in [-0.2, 0) is 0 Å². The van der Waals surface area contributed by atoms with Crippen LogP contribution in [-0.4, -0.2) is 21.7 Å². The van der Waals surface area contributed by atoms with Crippen molar-refractivity contribution < 1.29 is 19.4 Å². The zero-order valence-electron chi connectivity index (χ0n) is 15.9. The van der Waals surface area contributed by atoms with Crippen molar-refractivity contribution in [1.29, 1.82) is 0 Å². The molecular weight excluding hydrogens is 463 g/mol. The van der Waals surface area contributed by atoms with Gasteiger partial charge >= 0.3 is 0 Å². The number of anilines is 2. The molecule has 162 valence electrons. The van der Waals surface area contributed by atoms with Crippen molar-refractivity contribution in [3.05, 3.63) is 102 Å². The molecule has 32 heavy (non-hydrogen) atoms. The molecular formula is C20H12Cl2N4O6. The molecule has 0 aliphatic carbocycles. The number of nitro benzene ring substituents is 2. The molecule has 0 radical (unpaired) electrons. The van der Waals surface area contributed by atoms with E-state index in [1.54, 1.807) is 12.1 Å². The largest absolute Gasteiger partial charge is 0.320 e. The van der Waals surface area contributed by atoms with Gasteiger partial charge in [-0.15, -0.1) is 0 Å². The Balaban J connectivity index is 1.82. The van der Waals surface area contributed by atoms with E-state index in [9.17, 15) is 29.8 Å². The van der Waals surface area contributed by atoms with Gasteiger partial charge in [0.1, 0.15) is 0 Å². The summed E-state index contributed by atoms with van der Waals surface area (Å²) in [7, 11) is 0. The van der Waals surface area contributed by atoms with Gasteiger partial charge in [-0.1, -0.05) is 35.3 Å². The SMILES string of the molecule is O=C(Nc1ccccc1NC(=O)c1ccc([N+](=O)[O-])cc1Cl)c1ccc([N+](=O)[O-])cc1Cl. The predicted octanol–water partition coefficient (Wildman–Crippen LogP) is 5.31. The van der Waals surface area contributed by atoms with E-state index in [1.807, 2.05) is 0 Å². The number of nitro groups is 2. The van der Waals surface area contributed by atoms with Crippen LogP contribution in [0.1, 0.15) is 20.7 Å². The maximum absolute atomic E-state index is 12.6. The van der Waals surface area contributed by atoms with Crippen molar-refractivity contribution in [3.63, 3.8) is 0 Å². The number of benzene rings is 3. The van der Waals surface area contributed by atoms with Gasteiger partial charge in [-0.2, -0.15) is 0 Å². The normalized spacial score (nSPS) is 10.3. The van der Waals surface area contributed by atoms with Crippen LogP contribution in [0.25, 0.3) is 0 Å². The number of para-hydroxylation sites is 2. The van der Waals surface area contributed by atoms with Gasteiger partial charge in [0.25, 0.3) is 23.2 Å². The number of rotatable bonds is 6. The highest BCUT2D eigenvalue weighted by atomic mass is 35.5. The van der Waals surface area contributed by atoms with E-state index in [0.717, 1.165) is 24.3 Å². The molecule has 0 saturated carbocycles. The van der Waals surface area contributed by atoms with Gasteiger partial charge in [0.15, 0.2) is 0 Å². The fourth-order valence-electron chi connectivity index (χ4n) is 2.68. The molecule has 0 bridgehead atoms. The molecule has 3 rings (SSSR count). The third-order valence-electron chi connectivity index (χ3n) is 4.24. The molecule has 2 amide bonds. The molecule has 0 fully saturated rings. The van der Waals surface area contributed by atoms with Crippen molar-refractivity contribution >= 4 is 57.8 Å². The Morgan fingerprint density at radius 3 is 1.38 bits per heavy atom. The molecule has 3 aromatic carbocycles. The van der Waals surface area contributed by atoms with Gasteiger partial charge in [-0.3, -0.25) is 29.8 Å². The van der Waals surface area contributed by atoms with E-state index in [4.69, 9.17) is 23.2 Å². The molecule has 0 aliphatic heterocycles. The first-order chi connectivity index (χ1) is 15.2. The van der Waals surface area contributed by atoms with Crippen LogP contribution in [0, 0.1) is 20.2 Å². The Bertz CT molecular complexity index is 1170. The number of halogens is 2. The third kappa shape index (κ3) is 4.99. The van der Waals surface area contributed by atoms with Crippen LogP contribution in [0.2, 0.25) is 10.0 Å².